The molecule has 1 fully saturated rings. The second kappa shape index (κ2) is 6.34. The molecule has 0 saturated carbocycles. The van der Waals surface area contributed by atoms with Gasteiger partial charge in [0.25, 0.3) is 11.1 Å². The highest BCUT2D eigenvalue weighted by molar-refractivity contribution is 8.00. The first-order valence-electron chi connectivity index (χ1n) is 7.07. The van der Waals surface area contributed by atoms with Gasteiger partial charge in [-0.25, -0.2) is 0 Å². The molecule has 2 aromatic rings. The van der Waals surface area contributed by atoms with E-state index in [1.54, 1.807) is 18.4 Å². The van der Waals surface area contributed by atoms with Crippen molar-refractivity contribution in [3.63, 3.8) is 0 Å². The minimum absolute atomic E-state index is 0.137. The highest BCUT2D eigenvalue weighted by Gasteiger charge is 2.25. The van der Waals surface area contributed by atoms with Crippen molar-refractivity contribution >= 4 is 17.7 Å². The molecule has 0 unspecified atom stereocenters. The molecule has 21 heavy (non-hydrogen) atoms. The molecular weight excluding hydrogens is 290 g/mol. The molecule has 6 nitrogen and oxygen atoms in total. The zero-order chi connectivity index (χ0) is 14.7. The van der Waals surface area contributed by atoms with Crippen LogP contribution in [0.25, 0.3) is 11.7 Å². The van der Waals surface area contributed by atoms with Crippen LogP contribution in [0, 0.1) is 0 Å². The summed E-state index contributed by atoms with van der Waals surface area (Å²) in [6, 6.07) is 3.51. The van der Waals surface area contributed by atoms with Crippen LogP contribution < -0.4 is 0 Å². The van der Waals surface area contributed by atoms with Gasteiger partial charge in [0.1, 0.15) is 0 Å². The highest BCUT2D eigenvalue weighted by Crippen LogP contribution is 2.27. The summed E-state index contributed by atoms with van der Waals surface area (Å²) < 4.78 is 10.7. The van der Waals surface area contributed by atoms with Gasteiger partial charge in [-0.1, -0.05) is 11.8 Å². The van der Waals surface area contributed by atoms with Crippen molar-refractivity contribution in [2.75, 3.05) is 13.1 Å². The third-order valence-electron chi connectivity index (χ3n) is 3.43. The van der Waals surface area contributed by atoms with E-state index < -0.39 is 0 Å². The van der Waals surface area contributed by atoms with Crippen LogP contribution in [0.2, 0.25) is 0 Å². The average molecular weight is 307 g/mol. The SMILES string of the molecule is C[C@@H](Sc1nnc(-c2ccco2)o1)C(=O)N1CCCCC1. The van der Waals surface area contributed by atoms with Gasteiger partial charge in [-0.05, 0) is 38.3 Å². The molecule has 0 N–H and O–H groups in total. The predicted octanol–water partition coefficient (Wildman–Crippen LogP) is 2.82. The zero-order valence-corrected chi connectivity index (χ0v) is 12.6. The lowest BCUT2D eigenvalue weighted by Crippen LogP contribution is -2.40. The van der Waals surface area contributed by atoms with Crippen molar-refractivity contribution in [3.05, 3.63) is 18.4 Å². The van der Waals surface area contributed by atoms with Gasteiger partial charge in [-0.15, -0.1) is 10.2 Å². The fourth-order valence-electron chi connectivity index (χ4n) is 2.33. The Hall–Kier alpha value is -1.76. The molecule has 1 saturated heterocycles. The maximum Gasteiger partial charge on any atom is 0.284 e. The Balaban J connectivity index is 1.62. The summed E-state index contributed by atoms with van der Waals surface area (Å²) in [6.07, 6.45) is 4.94. The van der Waals surface area contributed by atoms with Gasteiger partial charge in [0, 0.05) is 13.1 Å². The number of amides is 1. The minimum Gasteiger partial charge on any atom is -0.459 e. The van der Waals surface area contributed by atoms with Gasteiger partial charge in [-0.3, -0.25) is 4.79 Å². The van der Waals surface area contributed by atoms with Crippen LogP contribution in [0.4, 0.5) is 0 Å². The van der Waals surface area contributed by atoms with Crippen molar-refractivity contribution in [2.24, 2.45) is 0 Å². The molecule has 0 radical (unpaired) electrons. The van der Waals surface area contributed by atoms with E-state index in [9.17, 15) is 4.79 Å². The fraction of sp³-hybridized carbons (Fsp3) is 0.500. The average Bonchev–Trinajstić information content (AvgIpc) is 3.18. The second-order valence-corrected chi connectivity index (χ2v) is 6.29. The molecule has 3 heterocycles. The number of hydrogen-bond donors (Lipinski definition) is 0. The Bertz CT molecular complexity index is 590. The third kappa shape index (κ3) is 3.29. The predicted molar refractivity (Wildman–Crippen MR) is 77.8 cm³/mol. The first-order chi connectivity index (χ1) is 10.2. The van der Waals surface area contributed by atoms with E-state index in [1.807, 2.05) is 11.8 Å². The molecular formula is C14H17N3O3S. The molecule has 1 atom stereocenters. The van der Waals surface area contributed by atoms with E-state index in [-0.39, 0.29) is 11.2 Å². The maximum absolute atomic E-state index is 12.3. The Kier molecular flexibility index (Phi) is 4.28. The van der Waals surface area contributed by atoms with Gasteiger partial charge in [0.05, 0.1) is 11.5 Å². The monoisotopic (exact) mass is 307 g/mol. The molecule has 0 bridgehead atoms. The van der Waals surface area contributed by atoms with E-state index >= 15 is 0 Å². The topological polar surface area (TPSA) is 72.4 Å². The van der Waals surface area contributed by atoms with Gasteiger partial charge in [-0.2, -0.15) is 0 Å². The number of carbonyl (C=O) groups excluding carboxylic acids is 1. The van der Waals surface area contributed by atoms with Crippen LogP contribution in [-0.2, 0) is 4.79 Å². The van der Waals surface area contributed by atoms with Crippen molar-refractivity contribution in [2.45, 2.75) is 36.7 Å². The standard InChI is InChI=1S/C14H17N3O3S/c1-10(13(18)17-7-3-2-4-8-17)21-14-16-15-12(20-14)11-6-5-9-19-11/h5-6,9-10H,2-4,7-8H2,1H3/t10-/m1/s1. The zero-order valence-electron chi connectivity index (χ0n) is 11.8. The number of likely N-dealkylation sites (tertiary alicyclic amines) is 1. The largest absolute Gasteiger partial charge is 0.459 e. The van der Waals surface area contributed by atoms with E-state index in [0.717, 1.165) is 25.9 Å². The smallest absolute Gasteiger partial charge is 0.284 e. The molecule has 3 rings (SSSR count). The first-order valence-corrected chi connectivity index (χ1v) is 7.95. The molecule has 0 aromatic carbocycles. The molecule has 1 amide bonds. The Morgan fingerprint density at radius 2 is 2.14 bits per heavy atom. The van der Waals surface area contributed by atoms with E-state index in [2.05, 4.69) is 10.2 Å². The molecule has 1 aliphatic rings. The second-order valence-electron chi connectivity index (χ2n) is 5.00. The van der Waals surface area contributed by atoms with Crippen molar-refractivity contribution in [3.8, 4) is 11.7 Å². The molecule has 112 valence electrons. The quantitative estimate of drug-likeness (QED) is 0.809. The van der Waals surface area contributed by atoms with Crippen molar-refractivity contribution in [1.82, 2.24) is 15.1 Å². The molecule has 1 aliphatic heterocycles. The summed E-state index contributed by atoms with van der Waals surface area (Å²) in [7, 11) is 0. The van der Waals surface area contributed by atoms with E-state index in [0.29, 0.717) is 16.9 Å². The summed E-state index contributed by atoms with van der Waals surface area (Å²) in [5, 5.41) is 8.04. The van der Waals surface area contributed by atoms with Crippen LogP contribution in [0.15, 0.2) is 32.5 Å². The summed E-state index contributed by atoms with van der Waals surface area (Å²) in [5.41, 5.74) is 0. The number of piperidine rings is 1. The number of furan rings is 1. The summed E-state index contributed by atoms with van der Waals surface area (Å²) >= 11 is 1.29. The number of aromatic nitrogens is 2. The minimum atomic E-state index is -0.229. The molecule has 0 spiro atoms. The summed E-state index contributed by atoms with van der Waals surface area (Å²) in [6.45, 7) is 3.58. The molecule has 2 aromatic heterocycles. The van der Waals surface area contributed by atoms with Crippen molar-refractivity contribution in [1.29, 1.82) is 0 Å². The maximum atomic E-state index is 12.3. The van der Waals surface area contributed by atoms with Crippen LogP contribution in [0.5, 0.6) is 0 Å². The number of nitrogens with zero attached hydrogens (tertiary/aromatic N) is 3. The highest BCUT2D eigenvalue weighted by atomic mass is 32.2. The van der Waals surface area contributed by atoms with Crippen LogP contribution >= 0.6 is 11.8 Å². The number of rotatable bonds is 4. The lowest BCUT2D eigenvalue weighted by molar-refractivity contribution is -0.131. The van der Waals surface area contributed by atoms with E-state index in [4.69, 9.17) is 8.83 Å². The first kappa shape index (κ1) is 14.2. The summed E-state index contributed by atoms with van der Waals surface area (Å²) in [5.74, 6) is 1.00. The van der Waals surface area contributed by atoms with Crippen LogP contribution in [0.1, 0.15) is 26.2 Å². The fourth-order valence-corrected chi connectivity index (χ4v) is 3.10. The summed E-state index contributed by atoms with van der Waals surface area (Å²) in [4.78, 5) is 14.3. The Labute approximate surface area is 126 Å². The van der Waals surface area contributed by atoms with E-state index in [1.165, 1.54) is 18.2 Å². The normalized spacial score (nSPS) is 16.9. The van der Waals surface area contributed by atoms with Gasteiger partial charge < -0.3 is 13.7 Å². The lowest BCUT2D eigenvalue weighted by Gasteiger charge is -2.28. The van der Waals surface area contributed by atoms with Crippen molar-refractivity contribution < 1.29 is 13.6 Å². The van der Waals surface area contributed by atoms with Gasteiger partial charge in [0.15, 0.2) is 5.76 Å². The van der Waals surface area contributed by atoms with Crippen LogP contribution in [-0.4, -0.2) is 39.3 Å². The van der Waals surface area contributed by atoms with Gasteiger partial charge in [0.2, 0.25) is 5.91 Å². The number of carbonyl (C=O) groups is 1. The lowest BCUT2D eigenvalue weighted by atomic mass is 10.1. The number of thioether (sulfide) groups is 1. The van der Waals surface area contributed by atoms with Crippen LogP contribution in [0.3, 0.4) is 0 Å². The Morgan fingerprint density at radius 1 is 1.33 bits per heavy atom. The molecule has 7 heteroatoms. The Morgan fingerprint density at radius 3 is 2.86 bits per heavy atom. The van der Waals surface area contributed by atoms with Gasteiger partial charge >= 0.3 is 0 Å². The third-order valence-corrected chi connectivity index (χ3v) is 4.35. The number of hydrogen-bond acceptors (Lipinski definition) is 6. The molecule has 0 aliphatic carbocycles.